The molecule has 4 rings (SSSR count). The summed E-state index contributed by atoms with van der Waals surface area (Å²) in [5.41, 5.74) is 1.51. The summed E-state index contributed by atoms with van der Waals surface area (Å²) >= 11 is 0. The van der Waals surface area contributed by atoms with E-state index >= 15 is 0 Å². The molecule has 1 N–H and O–H groups in total. The lowest BCUT2D eigenvalue weighted by molar-refractivity contribution is 0.334. The molecule has 7 nitrogen and oxygen atoms in total. The number of sulfonamides is 1. The largest absolute Gasteiger partial charge is 0.315 e. The van der Waals surface area contributed by atoms with Gasteiger partial charge in [-0.3, -0.25) is 4.68 Å². The molecule has 2 unspecified atom stereocenters. The van der Waals surface area contributed by atoms with E-state index in [1.807, 2.05) is 14.0 Å². The Morgan fingerprint density at radius 3 is 2.79 bits per heavy atom. The number of aromatic nitrogens is 3. The minimum Gasteiger partial charge on any atom is -0.315 e. The Morgan fingerprint density at radius 1 is 1.25 bits per heavy atom. The quantitative estimate of drug-likeness (QED) is 0.858. The van der Waals surface area contributed by atoms with Crippen molar-refractivity contribution in [1.29, 1.82) is 0 Å². The van der Waals surface area contributed by atoms with Gasteiger partial charge in [0.1, 0.15) is 4.90 Å². The summed E-state index contributed by atoms with van der Waals surface area (Å²) in [6.07, 6.45) is 4.22. The van der Waals surface area contributed by atoms with Crippen molar-refractivity contribution in [3.05, 3.63) is 18.0 Å². The topological polar surface area (TPSA) is 80.1 Å². The van der Waals surface area contributed by atoms with Crippen LogP contribution in [0.5, 0.6) is 0 Å². The minimum atomic E-state index is -3.53. The highest BCUT2D eigenvalue weighted by Gasteiger charge is 2.43. The molecule has 2 aromatic heterocycles. The van der Waals surface area contributed by atoms with Crippen molar-refractivity contribution in [3.8, 4) is 0 Å². The lowest BCUT2D eigenvalue weighted by Crippen LogP contribution is -2.42. The molecule has 24 heavy (non-hydrogen) atoms. The Bertz CT molecular complexity index is 852. The van der Waals surface area contributed by atoms with E-state index in [4.69, 9.17) is 0 Å². The Hall–Kier alpha value is -1.22. The molecule has 9 heteroatoms. The fourth-order valence-electron chi connectivity index (χ4n) is 3.88. The number of rotatable bonds is 2. The Kier molecular flexibility index (Phi) is 4.59. The number of nitrogens with zero attached hydrogens (tertiary/aromatic N) is 4. The molecule has 0 amide bonds. The minimum absolute atomic E-state index is 0. The zero-order valence-electron chi connectivity index (χ0n) is 13.8. The van der Waals surface area contributed by atoms with Gasteiger partial charge in [-0.2, -0.15) is 9.40 Å². The van der Waals surface area contributed by atoms with Crippen LogP contribution in [0.15, 0.2) is 17.2 Å². The molecule has 2 bridgehead atoms. The van der Waals surface area contributed by atoms with Gasteiger partial charge in [-0.05, 0) is 38.8 Å². The molecule has 132 valence electrons. The van der Waals surface area contributed by atoms with Crippen LogP contribution >= 0.6 is 12.4 Å². The van der Waals surface area contributed by atoms with Gasteiger partial charge in [0.2, 0.25) is 10.0 Å². The summed E-state index contributed by atoms with van der Waals surface area (Å²) in [7, 11) is -1.71. The fourth-order valence-corrected chi connectivity index (χ4v) is 5.75. The number of nitrogens with one attached hydrogen (secondary N) is 1. The maximum atomic E-state index is 13.2. The molecule has 2 saturated heterocycles. The van der Waals surface area contributed by atoms with Crippen LogP contribution in [0, 0.1) is 6.92 Å². The summed E-state index contributed by atoms with van der Waals surface area (Å²) in [5.74, 6) is 0. The van der Waals surface area contributed by atoms with Gasteiger partial charge in [0, 0.05) is 37.3 Å². The maximum absolute atomic E-state index is 13.2. The standard InChI is InChI=1S/C15H21N5O2S.ClH/c1-10-14-7-13(9-17-15(14)19(2)18-10)23(21,22)20-11-3-4-12(20)8-16-6-5-11;/h7,9,11-12,16H,3-6,8H2,1-2H3;1H. The van der Waals surface area contributed by atoms with Gasteiger partial charge in [0.15, 0.2) is 5.65 Å². The van der Waals surface area contributed by atoms with E-state index in [0.717, 1.165) is 43.4 Å². The van der Waals surface area contributed by atoms with Crippen LogP contribution in [0.1, 0.15) is 25.0 Å². The highest BCUT2D eigenvalue weighted by molar-refractivity contribution is 7.89. The number of fused-ring (bicyclic) bond motifs is 3. The zero-order valence-corrected chi connectivity index (χ0v) is 15.4. The molecule has 0 saturated carbocycles. The molecule has 4 heterocycles. The molecular weight excluding hydrogens is 350 g/mol. The van der Waals surface area contributed by atoms with Crippen molar-refractivity contribution in [2.45, 2.75) is 43.2 Å². The van der Waals surface area contributed by atoms with Crippen LogP contribution in [0.4, 0.5) is 0 Å². The molecule has 2 fully saturated rings. The third kappa shape index (κ3) is 2.61. The van der Waals surface area contributed by atoms with E-state index in [9.17, 15) is 8.42 Å². The highest BCUT2D eigenvalue weighted by atomic mass is 35.5. The lowest BCUT2D eigenvalue weighted by Gasteiger charge is -2.26. The first-order valence-corrected chi connectivity index (χ1v) is 9.46. The van der Waals surface area contributed by atoms with Crippen LogP contribution in [0.2, 0.25) is 0 Å². The number of aryl methyl sites for hydroxylation is 2. The van der Waals surface area contributed by atoms with E-state index in [1.165, 1.54) is 6.20 Å². The average molecular weight is 372 g/mol. The molecule has 0 aromatic carbocycles. The van der Waals surface area contributed by atoms with Crippen LogP contribution in [0.25, 0.3) is 11.0 Å². The average Bonchev–Trinajstić information content (AvgIpc) is 2.95. The number of hydrogen-bond acceptors (Lipinski definition) is 5. The first-order valence-electron chi connectivity index (χ1n) is 8.02. The molecule has 0 aliphatic carbocycles. The molecule has 0 radical (unpaired) electrons. The molecule has 0 spiro atoms. The summed E-state index contributed by atoms with van der Waals surface area (Å²) in [6, 6.07) is 1.88. The van der Waals surface area contributed by atoms with Crippen molar-refractivity contribution < 1.29 is 8.42 Å². The van der Waals surface area contributed by atoms with E-state index < -0.39 is 10.0 Å². The first-order chi connectivity index (χ1) is 11.0. The summed E-state index contributed by atoms with van der Waals surface area (Å²) in [4.78, 5) is 4.61. The van der Waals surface area contributed by atoms with Crippen molar-refractivity contribution in [1.82, 2.24) is 24.4 Å². The van der Waals surface area contributed by atoms with Crippen LogP contribution < -0.4 is 5.32 Å². The van der Waals surface area contributed by atoms with Gasteiger partial charge >= 0.3 is 0 Å². The van der Waals surface area contributed by atoms with Crippen molar-refractivity contribution >= 4 is 33.5 Å². The van der Waals surface area contributed by atoms with Crippen molar-refractivity contribution in [2.75, 3.05) is 13.1 Å². The predicted octanol–water partition coefficient (Wildman–Crippen LogP) is 1.21. The monoisotopic (exact) mass is 371 g/mol. The Labute approximate surface area is 147 Å². The first kappa shape index (κ1) is 17.6. The summed E-state index contributed by atoms with van der Waals surface area (Å²) in [5, 5.41) is 8.46. The number of pyridine rings is 1. The Morgan fingerprint density at radius 2 is 2.00 bits per heavy atom. The molecule has 2 aliphatic heterocycles. The van der Waals surface area contributed by atoms with Crippen molar-refractivity contribution in [2.24, 2.45) is 7.05 Å². The van der Waals surface area contributed by atoms with E-state index in [2.05, 4.69) is 15.4 Å². The number of halogens is 1. The second kappa shape index (κ2) is 6.25. The van der Waals surface area contributed by atoms with Crippen molar-refractivity contribution in [3.63, 3.8) is 0 Å². The SMILES string of the molecule is Cc1nn(C)c2ncc(S(=O)(=O)N3C4CCNCC3CC4)cc12.Cl. The predicted molar refractivity (Wildman–Crippen MR) is 93.8 cm³/mol. The summed E-state index contributed by atoms with van der Waals surface area (Å²) in [6.45, 7) is 3.49. The van der Waals surface area contributed by atoms with E-state index in [-0.39, 0.29) is 29.4 Å². The van der Waals surface area contributed by atoms with Gasteiger partial charge in [-0.25, -0.2) is 13.4 Å². The third-order valence-corrected chi connectivity index (χ3v) is 6.97. The van der Waals surface area contributed by atoms with E-state index in [1.54, 1.807) is 15.1 Å². The summed E-state index contributed by atoms with van der Waals surface area (Å²) < 4.78 is 29.8. The van der Waals surface area contributed by atoms with Gasteiger partial charge in [-0.15, -0.1) is 12.4 Å². The van der Waals surface area contributed by atoms with Crippen LogP contribution in [-0.4, -0.2) is 52.7 Å². The highest BCUT2D eigenvalue weighted by Crippen LogP contribution is 2.34. The Balaban J connectivity index is 0.00000169. The smallest absolute Gasteiger partial charge is 0.245 e. The second-order valence-corrected chi connectivity index (χ2v) is 8.31. The fraction of sp³-hybridized carbons (Fsp3) is 0.600. The van der Waals surface area contributed by atoms with Crippen LogP contribution in [0.3, 0.4) is 0 Å². The maximum Gasteiger partial charge on any atom is 0.245 e. The molecular formula is C15H22ClN5O2S. The van der Waals surface area contributed by atoms with Gasteiger partial charge in [0.25, 0.3) is 0 Å². The molecule has 2 atom stereocenters. The molecule has 2 aromatic rings. The second-order valence-electron chi connectivity index (χ2n) is 6.46. The third-order valence-electron chi connectivity index (χ3n) is 5.00. The lowest BCUT2D eigenvalue weighted by atomic mass is 10.1. The van der Waals surface area contributed by atoms with Gasteiger partial charge in [0.05, 0.1) is 5.69 Å². The van der Waals surface area contributed by atoms with E-state index in [0.29, 0.717) is 5.65 Å². The van der Waals surface area contributed by atoms with Crippen LogP contribution in [-0.2, 0) is 17.1 Å². The normalized spacial score (nSPS) is 24.8. The van der Waals surface area contributed by atoms with Gasteiger partial charge in [-0.1, -0.05) is 0 Å². The number of hydrogen-bond donors (Lipinski definition) is 1. The zero-order chi connectivity index (χ0) is 16.2. The van der Waals surface area contributed by atoms with Gasteiger partial charge < -0.3 is 5.32 Å². The molecule has 2 aliphatic rings.